The first-order valence-corrected chi connectivity index (χ1v) is 8.30. The third-order valence-electron chi connectivity index (χ3n) is 4.40. The van der Waals surface area contributed by atoms with Crippen LogP contribution in [0.4, 0.5) is 11.4 Å². The van der Waals surface area contributed by atoms with Crippen molar-refractivity contribution in [3.63, 3.8) is 0 Å². The Kier molecular flexibility index (Phi) is 6.22. The Morgan fingerprint density at radius 2 is 1.77 bits per heavy atom. The van der Waals surface area contributed by atoms with E-state index < -0.39 is 0 Å². The Morgan fingerprint density at radius 1 is 1.12 bits per heavy atom. The molecule has 0 saturated carbocycles. The van der Waals surface area contributed by atoms with Crippen molar-refractivity contribution >= 4 is 23.2 Å². The largest absolute Gasteiger partial charge is 1.00 e. The van der Waals surface area contributed by atoms with Crippen molar-refractivity contribution in [1.82, 2.24) is 0 Å². The molecular formula is C20H22ClN3O2. The summed E-state index contributed by atoms with van der Waals surface area (Å²) in [6.07, 6.45) is 0.886. The molecule has 1 N–H and O–H groups in total. The molecule has 1 aliphatic heterocycles. The van der Waals surface area contributed by atoms with Crippen molar-refractivity contribution in [3.05, 3.63) is 66.0 Å². The van der Waals surface area contributed by atoms with Crippen LogP contribution in [0.5, 0.6) is 0 Å². The van der Waals surface area contributed by atoms with E-state index in [2.05, 4.69) is 17.3 Å². The number of carbonyl (C=O) groups excluding carboxylic acids is 2. The summed E-state index contributed by atoms with van der Waals surface area (Å²) < 4.78 is 0.135. The van der Waals surface area contributed by atoms with E-state index >= 15 is 0 Å². The minimum atomic E-state index is -0.142. The molecule has 136 valence electrons. The summed E-state index contributed by atoms with van der Waals surface area (Å²) in [7, 11) is 3.71. The number of anilines is 2. The number of nitrogens with one attached hydrogen (secondary N) is 1. The van der Waals surface area contributed by atoms with Gasteiger partial charge in [-0.1, -0.05) is 36.4 Å². The average Bonchev–Trinajstić information content (AvgIpc) is 2.99. The lowest BCUT2D eigenvalue weighted by molar-refractivity contribution is -0.843. The second kappa shape index (κ2) is 8.19. The van der Waals surface area contributed by atoms with E-state index in [4.69, 9.17) is 0 Å². The molecule has 6 heteroatoms. The molecule has 3 rings (SSSR count). The topological polar surface area (TPSA) is 49.4 Å². The number of para-hydroxylation sites is 2. The van der Waals surface area contributed by atoms with E-state index in [1.54, 1.807) is 0 Å². The lowest BCUT2D eigenvalue weighted by Crippen LogP contribution is -3.00. The first kappa shape index (κ1) is 19.7. The fourth-order valence-corrected chi connectivity index (χ4v) is 3.22. The number of rotatable bonds is 5. The van der Waals surface area contributed by atoms with Crippen LogP contribution in [0.2, 0.25) is 0 Å². The molecule has 0 atom stereocenters. The highest BCUT2D eigenvalue weighted by Crippen LogP contribution is 2.32. The SMILES string of the molecule is C[N+](C)(CC(=O)Nc1ccccc1)C(=C=O)N1CCc2ccccc21.[Cl-]. The third kappa shape index (κ3) is 4.14. The molecule has 0 spiro atoms. The summed E-state index contributed by atoms with van der Waals surface area (Å²) in [4.78, 5) is 26.1. The Hall–Kier alpha value is -2.59. The minimum Gasteiger partial charge on any atom is -1.00 e. The highest BCUT2D eigenvalue weighted by Gasteiger charge is 2.35. The number of hydrogen-bond acceptors (Lipinski definition) is 3. The van der Waals surface area contributed by atoms with Crippen molar-refractivity contribution < 1.29 is 26.5 Å². The van der Waals surface area contributed by atoms with E-state index in [0.29, 0.717) is 5.82 Å². The second-order valence-corrected chi connectivity index (χ2v) is 6.71. The van der Waals surface area contributed by atoms with Gasteiger partial charge in [-0.05, 0) is 30.2 Å². The van der Waals surface area contributed by atoms with Crippen LogP contribution in [0, 0.1) is 0 Å². The summed E-state index contributed by atoms with van der Waals surface area (Å²) in [6.45, 7) is 0.879. The number of amides is 1. The number of nitrogens with zero attached hydrogens (tertiary/aromatic N) is 2. The van der Waals surface area contributed by atoms with Crippen molar-refractivity contribution in [3.8, 4) is 0 Å². The molecule has 0 aliphatic carbocycles. The lowest BCUT2D eigenvalue weighted by Gasteiger charge is -2.33. The van der Waals surface area contributed by atoms with Gasteiger partial charge in [0.2, 0.25) is 5.94 Å². The summed E-state index contributed by atoms with van der Waals surface area (Å²) in [5.41, 5.74) is 2.98. The van der Waals surface area contributed by atoms with Crippen LogP contribution in [-0.2, 0) is 16.0 Å². The van der Waals surface area contributed by atoms with Gasteiger partial charge in [-0.2, -0.15) is 0 Å². The molecule has 1 amide bonds. The number of benzene rings is 2. The van der Waals surface area contributed by atoms with Gasteiger partial charge in [0.05, 0.1) is 14.1 Å². The van der Waals surface area contributed by atoms with Gasteiger partial charge in [0, 0.05) is 17.9 Å². The molecule has 0 saturated heterocycles. The number of carbonyl (C=O) groups is 1. The van der Waals surface area contributed by atoms with Crippen molar-refractivity contribution in [1.29, 1.82) is 0 Å². The van der Waals surface area contributed by atoms with Crippen LogP contribution in [0.1, 0.15) is 5.56 Å². The highest BCUT2D eigenvalue weighted by atomic mass is 35.5. The quantitative estimate of drug-likeness (QED) is 0.566. The molecule has 0 unspecified atom stereocenters. The van der Waals surface area contributed by atoms with E-state index in [0.717, 1.165) is 24.3 Å². The van der Waals surface area contributed by atoms with E-state index in [9.17, 15) is 9.59 Å². The molecule has 1 aliphatic rings. The predicted molar refractivity (Wildman–Crippen MR) is 98.7 cm³/mol. The normalized spacial score (nSPS) is 12.6. The van der Waals surface area contributed by atoms with Crippen LogP contribution in [0.3, 0.4) is 0 Å². The molecule has 2 aromatic carbocycles. The van der Waals surface area contributed by atoms with Gasteiger partial charge in [0.15, 0.2) is 6.54 Å². The first-order valence-electron chi connectivity index (χ1n) is 8.30. The van der Waals surface area contributed by atoms with Gasteiger partial charge in [0.25, 0.3) is 11.7 Å². The van der Waals surface area contributed by atoms with Gasteiger partial charge < -0.3 is 17.7 Å². The standard InChI is InChI=1S/C20H21N3O2.ClH/c1-23(2,14-19(25)21-17-9-4-3-5-10-17)20(15-24)22-13-12-16-8-6-7-11-18(16)22;/h3-11H,12-14H2,1-2H3;1H. The molecule has 1 heterocycles. The number of hydrogen-bond donors (Lipinski definition) is 1. The summed E-state index contributed by atoms with van der Waals surface area (Å²) >= 11 is 0. The molecule has 0 bridgehead atoms. The maximum Gasteiger partial charge on any atom is 0.294 e. The van der Waals surface area contributed by atoms with Gasteiger partial charge in [-0.3, -0.25) is 14.2 Å². The van der Waals surface area contributed by atoms with E-state index in [-0.39, 0.29) is 29.3 Å². The van der Waals surface area contributed by atoms with Crippen LogP contribution in [0.15, 0.2) is 60.4 Å². The zero-order valence-corrected chi connectivity index (χ0v) is 15.7. The maximum absolute atomic E-state index is 12.4. The number of halogens is 1. The van der Waals surface area contributed by atoms with Gasteiger partial charge in [0.1, 0.15) is 0 Å². The van der Waals surface area contributed by atoms with Crippen LogP contribution >= 0.6 is 0 Å². The molecule has 0 aromatic heterocycles. The highest BCUT2D eigenvalue weighted by molar-refractivity contribution is 5.91. The third-order valence-corrected chi connectivity index (χ3v) is 4.40. The zero-order valence-electron chi connectivity index (χ0n) is 14.9. The van der Waals surface area contributed by atoms with Gasteiger partial charge in [-0.25, -0.2) is 4.79 Å². The van der Waals surface area contributed by atoms with Gasteiger partial charge >= 0.3 is 0 Å². The van der Waals surface area contributed by atoms with Crippen LogP contribution in [-0.4, -0.2) is 43.5 Å². The zero-order chi connectivity index (χ0) is 17.9. The first-order chi connectivity index (χ1) is 12.0. The Labute approximate surface area is 159 Å². The summed E-state index contributed by atoms with van der Waals surface area (Å²) in [5.74, 6) is 2.40. The molecule has 0 radical (unpaired) electrons. The molecule has 5 nitrogen and oxygen atoms in total. The Bertz CT molecular complexity index is 830. The van der Waals surface area contributed by atoms with Crippen LogP contribution < -0.4 is 22.6 Å². The molecule has 2 aromatic rings. The van der Waals surface area contributed by atoms with Crippen molar-refractivity contribution in [2.24, 2.45) is 0 Å². The van der Waals surface area contributed by atoms with E-state index in [1.807, 2.05) is 67.5 Å². The van der Waals surface area contributed by atoms with E-state index in [1.165, 1.54) is 5.56 Å². The Balaban J connectivity index is 0.00000243. The molecule has 26 heavy (non-hydrogen) atoms. The lowest BCUT2D eigenvalue weighted by atomic mass is 10.2. The smallest absolute Gasteiger partial charge is 0.294 e. The number of quaternary nitrogens is 1. The fraction of sp³-hybridized carbons (Fsp3) is 0.250. The van der Waals surface area contributed by atoms with Crippen molar-refractivity contribution in [2.45, 2.75) is 6.42 Å². The van der Waals surface area contributed by atoms with Crippen molar-refractivity contribution in [2.75, 3.05) is 37.4 Å². The maximum atomic E-state index is 12.4. The fourth-order valence-electron chi connectivity index (χ4n) is 3.22. The molecule has 0 fully saturated rings. The average molecular weight is 372 g/mol. The number of fused-ring (bicyclic) bond motifs is 1. The monoisotopic (exact) mass is 371 g/mol. The van der Waals surface area contributed by atoms with Gasteiger partial charge in [-0.15, -0.1) is 0 Å². The summed E-state index contributed by atoms with van der Waals surface area (Å²) in [5, 5.41) is 2.87. The summed E-state index contributed by atoms with van der Waals surface area (Å²) in [6, 6.07) is 17.3. The minimum absolute atomic E-state index is 0. The predicted octanol–water partition coefficient (Wildman–Crippen LogP) is -0.559. The van der Waals surface area contributed by atoms with Crippen LogP contribution in [0.25, 0.3) is 0 Å². The molecular weight excluding hydrogens is 350 g/mol. The second-order valence-electron chi connectivity index (χ2n) is 6.71. The number of likely N-dealkylation sites (N-methyl/N-ethyl adjacent to an activating group) is 1. The Morgan fingerprint density at radius 3 is 2.46 bits per heavy atom.